The number of rotatable bonds is 6. The number of anilines is 1. The van der Waals surface area contributed by atoms with Crippen molar-refractivity contribution in [1.29, 1.82) is 0 Å². The topological polar surface area (TPSA) is 61.4 Å². The molecule has 0 atom stereocenters. The fourth-order valence-corrected chi connectivity index (χ4v) is 3.92. The third kappa shape index (κ3) is 5.13. The summed E-state index contributed by atoms with van der Waals surface area (Å²) in [7, 11) is 4.00. The molecular formula is C24H22N4O2S. The predicted octanol–water partition coefficient (Wildman–Crippen LogP) is 4.85. The van der Waals surface area contributed by atoms with Crippen molar-refractivity contribution in [2.45, 2.75) is 6.54 Å². The van der Waals surface area contributed by atoms with Crippen molar-refractivity contribution < 1.29 is 9.21 Å². The minimum atomic E-state index is -0.116. The summed E-state index contributed by atoms with van der Waals surface area (Å²) in [5.41, 5.74) is 3.00. The first kappa shape index (κ1) is 20.7. The van der Waals surface area contributed by atoms with Crippen molar-refractivity contribution in [1.82, 2.24) is 4.90 Å². The number of amides is 1. The van der Waals surface area contributed by atoms with Gasteiger partial charge in [-0.25, -0.2) is 0 Å². The third-order valence-corrected chi connectivity index (χ3v) is 5.64. The van der Waals surface area contributed by atoms with Crippen LogP contribution in [-0.2, 0) is 11.3 Å². The largest absolute Gasteiger partial charge is 0.467 e. The van der Waals surface area contributed by atoms with Gasteiger partial charge >= 0.3 is 0 Å². The number of hydrogen-bond donors (Lipinski definition) is 0. The molecule has 1 aliphatic rings. The van der Waals surface area contributed by atoms with Crippen LogP contribution in [0.5, 0.6) is 0 Å². The van der Waals surface area contributed by atoms with E-state index in [2.05, 4.69) is 10.2 Å². The Morgan fingerprint density at radius 1 is 1.00 bits per heavy atom. The molecule has 1 fully saturated rings. The third-order valence-electron chi connectivity index (χ3n) is 4.64. The highest BCUT2D eigenvalue weighted by Gasteiger charge is 2.34. The summed E-state index contributed by atoms with van der Waals surface area (Å²) < 4.78 is 5.43. The molecule has 31 heavy (non-hydrogen) atoms. The summed E-state index contributed by atoms with van der Waals surface area (Å²) in [6, 6.07) is 21.4. The molecule has 0 bridgehead atoms. The normalized spacial score (nSPS) is 16.7. The molecule has 0 spiro atoms. The second-order valence-corrected chi connectivity index (χ2v) is 8.11. The predicted molar refractivity (Wildman–Crippen MR) is 127 cm³/mol. The van der Waals surface area contributed by atoms with Gasteiger partial charge in [0, 0.05) is 19.8 Å². The first-order chi connectivity index (χ1) is 15.1. The summed E-state index contributed by atoms with van der Waals surface area (Å²) in [5.74, 6) is 0.570. The van der Waals surface area contributed by atoms with Gasteiger partial charge in [0.15, 0.2) is 5.17 Å². The van der Waals surface area contributed by atoms with Gasteiger partial charge in [-0.05, 0) is 53.2 Å². The first-order valence-electron chi connectivity index (χ1n) is 9.77. The van der Waals surface area contributed by atoms with E-state index in [1.165, 1.54) is 11.8 Å². The maximum atomic E-state index is 13.0. The van der Waals surface area contributed by atoms with Crippen LogP contribution in [-0.4, -0.2) is 36.3 Å². The van der Waals surface area contributed by atoms with Gasteiger partial charge in [-0.3, -0.25) is 9.69 Å². The average molecular weight is 431 g/mol. The highest BCUT2D eigenvalue weighted by molar-refractivity contribution is 8.18. The summed E-state index contributed by atoms with van der Waals surface area (Å²) in [6.45, 7) is 0.302. The molecule has 156 valence electrons. The standard InChI is InChI=1S/C24H22N4O2S/c1-27(2)20-12-10-19(11-13-20)16-25-26-24-28(17-21-9-6-14-30-21)23(29)22(31-24)15-18-7-4-3-5-8-18/h3-16H,17H2,1-2H3/b22-15-,25-16-,26-24+. The molecule has 1 amide bonds. The molecule has 2 heterocycles. The fraction of sp³-hybridized carbons (Fsp3) is 0.125. The number of nitrogens with zero attached hydrogens (tertiary/aromatic N) is 4. The van der Waals surface area contributed by atoms with E-state index in [-0.39, 0.29) is 5.91 Å². The van der Waals surface area contributed by atoms with E-state index in [9.17, 15) is 4.79 Å². The number of thioether (sulfide) groups is 1. The Labute approximate surface area is 185 Å². The van der Waals surface area contributed by atoms with Crippen LogP contribution < -0.4 is 4.90 Å². The molecule has 0 aliphatic carbocycles. The summed E-state index contributed by atoms with van der Waals surface area (Å²) in [6.07, 6.45) is 5.14. The van der Waals surface area contributed by atoms with Crippen LogP contribution in [0, 0.1) is 0 Å². The number of carbonyl (C=O) groups is 1. The van der Waals surface area contributed by atoms with Gasteiger partial charge in [0.05, 0.1) is 23.9 Å². The number of hydrogen-bond acceptors (Lipinski definition) is 6. The molecule has 1 aliphatic heterocycles. The zero-order valence-electron chi connectivity index (χ0n) is 17.3. The Balaban J connectivity index is 1.58. The van der Waals surface area contributed by atoms with Gasteiger partial charge in [0.25, 0.3) is 5.91 Å². The lowest BCUT2D eigenvalue weighted by molar-refractivity contribution is -0.122. The quantitative estimate of drug-likeness (QED) is 0.319. The smallest absolute Gasteiger partial charge is 0.267 e. The number of benzene rings is 2. The zero-order valence-corrected chi connectivity index (χ0v) is 18.1. The van der Waals surface area contributed by atoms with Crippen LogP contribution in [0.2, 0.25) is 0 Å². The van der Waals surface area contributed by atoms with Gasteiger partial charge in [-0.1, -0.05) is 42.5 Å². The maximum absolute atomic E-state index is 13.0. The van der Waals surface area contributed by atoms with Crippen LogP contribution in [0.15, 0.2) is 92.5 Å². The van der Waals surface area contributed by atoms with Gasteiger partial charge in [-0.15, -0.1) is 5.10 Å². The van der Waals surface area contributed by atoms with Crippen molar-refractivity contribution >= 4 is 40.8 Å². The minimum Gasteiger partial charge on any atom is -0.467 e. The van der Waals surface area contributed by atoms with E-state index >= 15 is 0 Å². The van der Waals surface area contributed by atoms with Gasteiger partial charge in [0.2, 0.25) is 0 Å². The van der Waals surface area contributed by atoms with Crippen LogP contribution in [0.4, 0.5) is 5.69 Å². The highest BCUT2D eigenvalue weighted by Crippen LogP contribution is 2.33. The molecule has 0 saturated carbocycles. The number of furan rings is 1. The van der Waals surface area contributed by atoms with E-state index in [1.807, 2.05) is 85.7 Å². The second-order valence-electron chi connectivity index (χ2n) is 7.11. The molecule has 1 saturated heterocycles. The lowest BCUT2D eigenvalue weighted by Crippen LogP contribution is -2.28. The van der Waals surface area contributed by atoms with E-state index in [0.29, 0.717) is 22.4 Å². The fourth-order valence-electron chi connectivity index (χ4n) is 2.98. The lowest BCUT2D eigenvalue weighted by Gasteiger charge is -2.12. The van der Waals surface area contributed by atoms with Crippen molar-refractivity contribution in [2.24, 2.45) is 10.2 Å². The Morgan fingerprint density at radius 3 is 2.45 bits per heavy atom. The van der Waals surface area contributed by atoms with Crippen molar-refractivity contribution in [3.05, 3.63) is 94.8 Å². The summed E-state index contributed by atoms with van der Waals surface area (Å²) in [5, 5.41) is 9.09. The SMILES string of the molecule is CN(C)c1ccc(/C=N\N=C2\S/C(=C\c3ccccc3)C(=O)N2Cc2ccco2)cc1. The molecule has 0 unspecified atom stereocenters. The lowest BCUT2D eigenvalue weighted by atomic mass is 10.2. The molecule has 1 aromatic heterocycles. The highest BCUT2D eigenvalue weighted by atomic mass is 32.2. The monoisotopic (exact) mass is 430 g/mol. The minimum absolute atomic E-state index is 0.116. The van der Waals surface area contributed by atoms with Crippen molar-refractivity contribution in [2.75, 3.05) is 19.0 Å². The average Bonchev–Trinajstić information content (AvgIpc) is 3.39. The zero-order chi connectivity index (χ0) is 21.6. The van der Waals surface area contributed by atoms with Crippen LogP contribution in [0.3, 0.4) is 0 Å². The van der Waals surface area contributed by atoms with E-state index in [1.54, 1.807) is 23.4 Å². The summed E-state index contributed by atoms with van der Waals surface area (Å²) in [4.78, 5) is 17.3. The second kappa shape index (κ2) is 9.49. The van der Waals surface area contributed by atoms with Crippen LogP contribution in [0.1, 0.15) is 16.9 Å². The Hall–Kier alpha value is -3.58. The molecule has 0 N–H and O–H groups in total. The van der Waals surface area contributed by atoms with Gasteiger partial charge in [0.1, 0.15) is 5.76 Å². The van der Waals surface area contributed by atoms with Gasteiger partial charge in [-0.2, -0.15) is 5.10 Å². The van der Waals surface area contributed by atoms with E-state index in [0.717, 1.165) is 16.8 Å². The number of carbonyl (C=O) groups excluding carboxylic acids is 1. The molecule has 6 nitrogen and oxygen atoms in total. The molecule has 3 aromatic rings. The van der Waals surface area contributed by atoms with Crippen molar-refractivity contribution in [3.63, 3.8) is 0 Å². The van der Waals surface area contributed by atoms with E-state index < -0.39 is 0 Å². The van der Waals surface area contributed by atoms with Crippen LogP contribution in [0.25, 0.3) is 6.08 Å². The summed E-state index contributed by atoms with van der Waals surface area (Å²) >= 11 is 1.31. The molecule has 2 aromatic carbocycles. The molecule has 4 rings (SSSR count). The Kier molecular flexibility index (Phi) is 6.33. The molecular weight excluding hydrogens is 408 g/mol. The number of amidine groups is 1. The van der Waals surface area contributed by atoms with Crippen LogP contribution >= 0.6 is 11.8 Å². The Bertz CT molecular complexity index is 1120. The van der Waals surface area contributed by atoms with E-state index in [4.69, 9.17) is 4.42 Å². The maximum Gasteiger partial charge on any atom is 0.267 e. The molecule has 0 radical (unpaired) electrons. The Morgan fingerprint density at radius 2 is 1.77 bits per heavy atom. The molecule has 7 heteroatoms. The first-order valence-corrected chi connectivity index (χ1v) is 10.6. The van der Waals surface area contributed by atoms with Gasteiger partial charge < -0.3 is 9.32 Å². The van der Waals surface area contributed by atoms with Crippen molar-refractivity contribution in [3.8, 4) is 0 Å².